The van der Waals surface area contributed by atoms with Gasteiger partial charge < -0.3 is 14.6 Å². The van der Waals surface area contributed by atoms with E-state index >= 15 is 0 Å². The summed E-state index contributed by atoms with van der Waals surface area (Å²) >= 11 is 0. The van der Waals surface area contributed by atoms with Crippen LogP contribution in [0, 0.1) is 0 Å². The summed E-state index contributed by atoms with van der Waals surface area (Å²) in [4.78, 5) is 2.65. The summed E-state index contributed by atoms with van der Waals surface area (Å²) in [6.45, 7) is 1.91. The number of hydrogen-bond donors (Lipinski definition) is 1. The molecule has 198 valence electrons. The maximum Gasteiger partial charge on any atom is 0.206 e. The lowest BCUT2D eigenvalue weighted by atomic mass is 10.1. The highest BCUT2D eigenvalue weighted by atomic mass is 32.2. The van der Waals surface area contributed by atoms with Crippen LogP contribution in [0.5, 0.6) is 11.5 Å². The number of hydrogen-bond acceptors (Lipinski definition) is 6. The lowest BCUT2D eigenvalue weighted by Crippen LogP contribution is -2.36. The van der Waals surface area contributed by atoms with Crippen LogP contribution in [0.4, 0.5) is 0 Å². The maximum absolute atomic E-state index is 13.2. The van der Waals surface area contributed by atoms with Crippen molar-refractivity contribution in [2.24, 2.45) is 0 Å². The average molecular weight is 532 g/mol. The summed E-state index contributed by atoms with van der Waals surface area (Å²) in [5.41, 5.74) is 2.05. The van der Waals surface area contributed by atoms with E-state index in [0.717, 1.165) is 16.9 Å². The molecule has 4 aromatic carbocycles. The predicted octanol–water partition coefficient (Wildman–Crippen LogP) is 5.01. The van der Waals surface area contributed by atoms with Gasteiger partial charge in [-0.25, -0.2) is 8.42 Å². The number of nitrogens with zero attached hydrogens (tertiary/aromatic N) is 1. The van der Waals surface area contributed by atoms with E-state index in [1.54, 1.807) is 49.6 Å². The van der Waals surface area contributed by atoms with Gasteiger partial charge in [0.25, 0.3) is 0 Å². The van der Waals surface area contributed by atoms with Crippen LogP contribution in [-0.4, -0.2) is 51.3 Å². The Morgan fingerprint density at radius 1 is 0.763 bits per heavy atom. The highest BCUT2D eigenvalue weighted by molar-refractivity contribution is 7.91. The molecule has 0 saturated carbocycles. The van der Waals surface area contributed by atoms with E-state index in [0.29, 0.717) is 31.8 Å². The van der Waals surface area contributed by atoms with Gasteiger partial charge in [0, 0.05) is 19.6 Å². The number of rotatable bonds is 13. The Labute approximate surface area is 225 Å². The third-order valence-corrected chi connectivity index (χ3v) is 7.97. The Morgan fingerprint density at radius 3 is 2.11 bits per heavy atom. The summed E-state index contributed by atoms with van der Waals surface area (Å²) in [6.07, 6.45) is -0.0499. The maximum atomic E-state index is 13.2. The molecule has 1 atom stereocenters. The zero-order valence-corrected chi connectivity index (χ0v) is 22.3. The van der Waals surface area contributed by atoms with E-state index in [1.165, 1.54) is 0 Å². The third-order valence-electron chi connectivity index (χ3n) is 6.20. The minimum Gasteiger partial charge on any atom is -0.497 e. The van der Waals surface area contributed by atoms with Crippen LogP contribution in [0.25, 0.3) is 0 Å². The first kappa shape index (κ1) is 27.4. The fourth-order valence-corrected chi connectivity index (χ4v) is 5.51. The molecule has 7 heteroatoms. The van der Waals surface area contributed by atoms with Gasteiger partial charge in [-0.15, -0.1) is 0 Å². The fraction of sp³-hybridized carbons (Fsp3) is 0.226. The van der Waals surface area contributed by atoms with E-state index in [9.17, 15) is 13.5 Å². The second kappa shape index (κ2) is 13.2. The first-order chi connectivity index (χ1) is 18.4. The fourth-order valence-electron chi connectivity index (χ4n) is 4.18. The molecular weight excluding hydrogens is 498 g/mol. The predicted molar refractivity (Wildman–Crippen MR) is 148 cm³/mol. The van der Waals surface area contributed by atoms with Gasteiger partial charge in [-0.3, -0.25) is 4.90 Å². The van der Waals surface area contributed by atoms with Gasteiger partial charge in [-0.05, 0) is 66.1 Å². The summed E-state index contributed by atoms with van der Waals surface area (Å²) < 4.78 is 37.3. The molecule has 0 aromatic heterocycles. The monoisotopic (exact) mass is 531 g/mol. The molecule has 0 heterocycles. The SMILES string of the molecule is COc1ccc(S(=O)(=O)c2cccc(CCN(Cc3ccccc3)C[C@H](O)COc3ccccc3)c2)cc1. The van der Waals surface area contributed by atoms with E-state index in [2.05, 4.69) is 17.0 Å². The van der Waals surface area contributed by atoms with E-state index in [-0.39, 0.29) is 16.4 Å². The summed E-state index contributed by atoms with van der Waals surface area (Å²) in [6, 6.07) is 33.0. The standard InChI is InChI=1S/C31H33NO5S/c1-36-28-15-17-30(18-16-28)38(34,35)31-14-8-11-25(21-31)19-20-32(22-26-9-4-2-5-10-26)23-27(33)24-37-29-12-6-3-7-13-29/h2-18,21,27,33H,19-20,22-24H2,1H3/t27-/m0/s1. The molecule has 1 N–H and O–H groups in total. The van der Waals surface area contributed by atoms with Crippen molar-refractivity contribution in [3.8, 4) is 11.5 Å². The topological polar surface area (TPSA) is 76.1 Å². The number of benzene rings is 4. The van der Waals surface area contributed by atoms with Crippen LogP contribution < -0.4 is 9.47 Å². The van der Waals surface area contributed by atoms with Gasteiger partial charge in [-0.2, -0.15) is 0 Å². The van der Waals surface area contributed by atoms with Crippen molar-refractivity contribution in [2.75, 3.05) is 26.8 Å². The Kier molecular flexibility index (Phi) is 9.54. The second-order valence-corrected chi connectivity index (χ2v) is 11.0. The first-order valence-corrected chi connectivity index (χ1v) is 14.0. The molecule has 0 aliphatic carbocycles. The van der Waals surface area contributed by atoms with Crippen molar-refractivity contribution in [3.63, 3.8) is 0 Å². The highest BCUT2D eigenvalue weighted by Gasteiger charge is 2.19. The Bertz CT molecular complexity index is 1380. The minimum atomic E-state index is -3.65. The third kappa shape index (κ3) is 7.68. The van der Waals surface area contributed by atoms with Gasteiger partial charge in [0.1, 0.15) is 24.2 Å². The van der Waals surface area contributed by atoms with Crippen molar-refractivity contribution >= 4 is 9.84 Å². The van der Waals surface area contributed by atoms with Crippen molar-refractivity contribution < 1.29 is 23.0 Å². The molecule has 0 spiro atoms. The lowest BCUT2D eigenvalue weighted by molar-refractivity contribution is 0.0659. The van der Waals surface area contributed by atoms with Crippen molar-refractivity contribution in [1.29, 1.82) is 0 Å². The summed E-state index contributed by atoms with van der Waals surface area (Å²) in [7, 11) is -2.11. The Morgan fingerprint density at radius 2 is 1.42 bits per heavy atom. The van der Waals surface area contributed by atoms with Crippen LogP contribution >= 0.6 is 0 Å². The van der Waals surface area contributed by atoms with E-state index < -0.39 is 15.9 Å². The van der Waals surface area contributed by atoms with Crippen LogP contribution in [-0.2, 0) is 22.8 Å². The molecule has 0 saturated heterocycles. The molecule has 0 unspecified atom stereocenters. The van der Waals surface area contributed by atoms with Gasteiger partial charge in [0.2, 0.25) is 9.84 Å². The van der Waals surface area contributed by atoms with Crippen LogP contribution in [0.15, 0.2) is 119 Å². The van der Waals surface area contributed by atoms with Gasteiger partial charge in [-0.1, -0.05) is 60.7 Å². The Balaban J connectivity index is 1.43. The molecule has 0 aliphatic rings. The Hall–Kier alpha value is -3.65. The van der Waals surface area contributed by atoms with Crippen molar-refractivity contribution in [1.82, 2.24) is 4.90 Å². The average Bonchev–Trinajstić information content (AvgIpc) is 2.96. The first-order valence-electron chi connectivity index (χ1n) is 12.5. The van der Waals surface area contributed by atoms with Gasteiger partial charge >= 0.3 is 0 Å². The molecule has 4 aromatic rings. The summed E-state index contributed by atoms with van der Waals surface area (Å²) in [5, 5.41) is 10.7. The van der Waals surface area contributed by atoms with Gasteiger partial charge in [0.15, 0.2) is 0 Å². The van der Waals surface area contributed by atoms with E-state index in [1.807, 2.05) is 54.6 Å². The lowest BCUT2D eigenvalue weighted by Gasteiger charge is -2.25. The molecule has 4 rings (SSSR count). The number of aliphatic hydroxyl groups excluding tert-OH is 1. The van der Waals surface area contributed by atoms with Crippen molar-refractivity contribution in [2.45, 2.75) is 28.9 Å². The molecule has 6 nitrogen and oxygen atoms in total. The number of methoxy groups -OCH3 is 1. The van der Waals surface area contributed by atoms with E-state index in [4.69, 9.17) is 9.47 Å². The number of para-hydroxylation sites is 1. The zero-order chi connectivity index (χ0) is 26.8. The van der Waals surface area contributed by atoms with Crippen molar-refractivity contribution in [3.05, 3.63) is 120 Å². The molecule has 0 fully saturated rings. The molecule has 0 amide bonds. The molecular formula is C31H33NO5S. The number of aliphatic hydroxyl groups is 1. The van der Waals surface area contributed by atoms with Gasteiger partial charge in [0.05, 0.1) is 16.9 Å². The largest absolute Gasteiger partial charge is 0.497 e. The number of ether oxygens (including phenoxy) is 2. The zero-order valence-electron chi connectivity index (χ0n) is 21.4. The molecule has 38 heavy (non-hydrogen) atoms. The van der Waals surface area contributed by atoms with Crippen LogP contribution in [0.1, 0.15) is 11.1 Å². The number of sulfone groups is 1. The second-order valence-electron chi connectivity index (χ2n) is 9.07. The van der Waals surface area contributed by atoms with Crippen LogP contribution in [0.3, 0.4) is 0 Å². The quantitative estimate of drug-likeness (QED) is 0.261. The highest BCUT2D eigenvalue weighted by Crippen LogP contribution is 2.24. The molecule has 0 bridgehead atoms. The van der Waals surface area contributed by atoms with Crippen LogP contribution in [0.2, 0.25) is 0 Å². The summed E-state index contributed by atoms with van der Waals surface area (Å²) in [5.74, 6) is 1.32. The normalized spacial score (nSPS) is 12.3. The molecule has 0 radical (unpaired) electrons. The molecule has 0 aliphatic heterocycles. The minimum absolute atomic E-state index is 0.185. The smallest absolute Gasteiger partial charge is 0.206 e.